The lowest BCUT2D eigenvalue weighted by molar-refractivity contribution is -0.141. The molecule has 0 spiro atoms. The van der Waals surface area contributed by atoms with Crippen molar-refractivity contribution in [1.82, 2.24) is 9.78 Å². The van der Waals surface area contributed by atoms with E-state index in [1.54, 1.807) is 17.1 Å². The summed E-state index contributed by atoms with van der Waals surface area (Å²) in [5, 5.41) is 36.2. The van der Waals surface area contributed by atoms with Crippen molar-refractivity contribution < 1.29 is 10.2 Å². The zero-order valence-electron chi connectivity index (χ0n) is 21.0. The van der Waals surface area contributed by atoms with E-state index in [2.05, 4.69) is 31.9 Å². The van der Waals surface area contributed by atoms with E-state index in [4.69, 9.17) is 5.26 Å². The average molecular weight is 454 g/mol. The molecule has 2 N–H and O–H groups in total. The van der Waals surface area contributed by atoms with Crippen molar-refractivity contribution in [1.29, 1.82) is 5.26 Å². The monoisotopic (exact) mass is 453 g/mol. The molecule has 0 amide bonds. The third-order valence-electron chi connectivity index (χ3n) is 11.1. The van der Waals surface area contributed by atoms with Gasteiger partial charge in [-0.05, 0) is 112 Å². The average Bonchev–Trinajstić information content (AvgIpc) is 3.35. The maximum absolute atomic E-state index is 11.7. The smallest absolute Gasteiger partial charge is 0.102 e. The lowest BCUT2D eigenvalue weighted by Crippen LogP contribution is -2.55. The highest BCUT2D eigenvalue weighted by Crippen LogP contribution is 2.66. The Morgan fingerprint density at radius 1 is 1.18 bits per heavy atom. The summed E-state index contributed by atoms with van der Waals surface area (Å²) in [5.41, 5.74) is -0.590. The Bertz CT molecular complexity index is 914. The van der Waals surface area contributed by atoms with E-state index in [1.165, 1.54) is 38.5 Å². The second-order valence-corrected chi connectivity index (χ2v) is 12.9. The number of hydrogen-bond donors (Lipinski definition) is 2. The van der Waals surface area contributed by atoms with E-state index in [0.717, 1.165) is 37.0 Å². The van der Waals surface area contributed by atoms with Crippen LogP contribution >= 0.6 is 0 Å². The van der Waals surface area contributed by atoms with Crippen LogP contribution < -0.4 is 0 Å². The van der Waals surface area contributed by atoms with Crippen LogP contribution in [0.3, 0.4) is 0 Å². The summed E-state index contributed by atoms with van der Waals surface area (Å²) < 4.78 is 1.75. The van der Waals surface area contributed by atoms with E-state index in [1.807, 2.05) is 6.92 Å². The Morgan fingerprint density at radius 2 is 1.97 bits per heavy atom. The van der Waals surface area contributed by atoms with Gasteiger partial charge in [-0.15, -0.1) is 0 Å². The summed E-state index contributed by atoms with van der Waals surface area (Å²) in [6.07, 6.45) is 14.0. The van der Waals surface area contributed by atoms with Gasteiger partial charge in [-0.1, -0.05) is 20.3 Å². The van der Waals surface area contributed by atoms with Crippen LogP contribution in [-0.2, 0) is 6.54 Å². The normalized spacial score (nSPS) is 46.5. The van der Waals surface area contributed by atoms with E-state index >= 15 is 0 Å². The molecule has 4 aliphatic rings. The predicted molar refractivity (Wildman–Crippen MR) is 128 cm³/mol. The van der Waals surface area contributed by atoms with Crippen molar-refractivity contribution in [3.8, 4) is 6.07 Å². The first-order valence-electron chi connectivity index (χ1n) is 13.5. The first-order chi connectivity index (χ1) is 15.6. The molecule has 182 valence electrons. The van der Waals surface area contributed by atoms with Crippen LogP contribution in [0.2, 0.25) is 0 Å². The number of nitrogens with zero attached hydrogens (tertiary/aromatic N) is 3. The minimum Gasteiger partial charge on any atom is -0.390 e. The zero-order chi connectivity index (χ0) is 23.6. The van der Waals surface area contributed by atoms with E-state index < -0.39 is 11.2 Å². The highest BCUT2D eigenvalue weighted by atomic mass is 16.3. The number of aromatic nitrogens is 2. The Morgan fingerprint density at radius 3 is 2.67 bits per heavy atom. The SMILES string of the molecule is CC[C@H]1C[C@H]2[C@H](CC[C@@H]3[C@@H]2CC[C@@]2(C)[C@H]3CC[C@@H]2[C@](C)(O)Cn2cc(C#N)cn2)C[C@]1(C)O. The summed E-state index contributed by atoms with van der Waals surface area (Å²) in [4.78, 5) is 0. The molecule has 33 heavy (non-hydrogen) atoms. The van der Waals surface area contributed by atoms with Crippen molar-refractivity contribution in [2.45, 2.75) is 103 Å². The van der Waals surface area contributed by atoms with Crippen molar-refractivity contribution in [2.24, 2.45) is 46.8 Å². The van der Waals surface area contributed by atoms with Gasteiger partial charge in [0.15, 0.2) is 0 Å². The molecule has 0 unspecified atom stereocenters. The molecule has 4 aliphatic carbocycles. The zero-order valence-corrected chi connectivity index (χ0v) is 21.0. The van der Waals surface area contributed by atoms with Gasteiger partial charge in [0, 0.05) is 6.20 Å². The molecular weight excluding hydrogens is 410 g/mol. The number of rotatable bonds is 4. The molecule has 0 saturated heterocycles. The van der Waals surface area contributed by atoms with Gasteiger partial charge in [-0.3, -0.25) is 4.68 Å². The van der Waals surface area contributed by atoms with Crippen LogP contribution in [0.15, 0.2) is 12.4 Å². The highest BCUT2D eigenvalue weighted by Gasteiger charge is 2.61. The van der Waals surface area contributed by atoms with Crippen LogP contribution in [0.25, 0.3) is 0 Å². The molecule has 0 bridgehead atoms. The molecule has 1 aromatic heterocycles. The van der Waals surface area contributed by atoms with Gasteiger partial charge in [-0.25, -0.2) is 0 Å². The second-order valence-electron chi connectivity index (χ2n) is 12.9. The first kappa shape index (κ1) is 23.4. The van der Waals surface area contributed by atoms with Crippen LogP contribution in [0.1, 0.15) is 91.0 Å². The maximum Gasteiger partial charge on any atom is 0.102 e. The lowest BCUT2D eigenvalue weighted by Gasteiger charge is -2.59. The van der Waals surface area contributed by atoms with Gasteiger partial charge in [0.1, 0.15) is 6.07 Å². The Kier molecular flexibility index (Phi) is 5.73. The molecule has 5 heteroatoms. The quantitative estimate of drug-likeness (QED) is 0.659. The molecule has 4 fully saturated rings. The van der Waals surface area contributed by atoms with Crippen molar-refractivity contribution in [3.63, 3.8) is 0 Å². The summed E-state index contributed by atoms with van der Waals surface area (Å²) in [7, 11) is 0. The molecular formula is C28H43N3O2. The Balaban J connectivity index is 1.34. The fraction of sp³-hybridized carbons (Fsp3) is 0.857. The number of nitriles is 1. The summed E-state index contributed by atoms with van der Waals surface area (Å²) in [6.45, 7) is 9.26. The molecule has 0 aliphatic heterocycles. The van der Waals surface area contributed by atoms with Crippen LogP contribution in [0.5, 0.6) is 0 Å². The molecule has 1 aromatic rings. The van der Waals surface area contributed by atoms with E-state index in [0.29, 0.717) is 29.9 Å². The van der Waals surface area contributed by atoms with Crippen molar-refractivity contribution >= 4 is 0 Å². The third kappa shape index (κ3) is 3.76. The van der Waals surface area contributed by atoms with Gasteiger partial charge in [0.25, 0.3) is 0 Å². The molecule has 5 nitrogen and oxygen atoms in total. The van der Waals surface area contributed by atoms with Crippen molar-refractivity contribution in [3.05, 3.63) is 18.0 Å². The largest absolute Gasteiger partial charge is 0.390 e. The molecule has 1 heterocycles. The van der Waals surface area contributed by atoms with Crippen LogP contribution in [-0.4, -0.2) is 31.2 Å². The molecule has 5 rings (SSSR count). The number of fused-ring (bicyclic) bond motifs is 5. The minimum atomic E-state index is -0.830. The molecule has 10 atom stereocenters. The topological polar surface area (TPSA) is 82.1 Å². The van der Waals surface area contributed by atoms with Gasteiger partial charge in [0.2, 0.25) is 0 Å². The van der Waals surface area contributed by atoms with E-state index in [-0.39, 0.29) is 11.3 Å². The highest BCUT2D eigenvalue weighted by molar-refractivity contribution is 5.21. The summed E-state index contributed by atoms with van der Waals surface area (Å²) in [6, 6.07) is 2.14. The third-order valence-corrected chi connectivity index (χ3v) is 11.1. The predicted octanol–water partition coefficient (Wildman–Crippen LogP) is 5.16. The lowest BCUT2D eigenvalue weighted by atomic mass is 9.47. The fourth-order valence-corrected chi connectivity index (χ4v) is 9.71. The van der Waals surface area contributed by atoms with Crippen LogP contribution in [0, 0.1) is 58.2 Å². The standard InChI is InChI=1S/C28H43N3O2/c1-5-20-12-23-19(13-27(20,3)32)6-7-22-21(23)10-11-26(2)24(22)8-9-25(26)28(4,33)17-31-16-18(14-29)15-30-31/h15-16,19-25,32-33H,5-13,17H2,1-4H3/t19-,20+,21+,22-,23+,24+,25+,26+,27+,28-/m1/s1. The molecule has 0 aromatic carbocycles. The van der Waals surface area contributed by atoms with Gasteiger partial charge in [-0.2, -0.15) is 10.4 Å². The fourth-order valence-electron chi connectivity index (χ4n) is 9.71. The summed E-state index contributed by atoms with van der Waals surface area (Å²) >= 11 is 0. The summed E-state index contributed by atoms with van der Waals surface area (Å²) in [5.74, 6) is 4.47. The second kappa shape index (κ2) is 8.09. The van der Waals surface area contributed by atoms with Gasteiger partial charge in [0.05, 0.1) is 29.5 Å². The van der Waals surface area contributed by atoms with Crippen molar-refractivity contribution in [2.75, 3.05) is 0 Å². The van der Waals surface area contributed by atoms with E-state index in [9.17, 15) is 10.2 Å². The Hall–Kier alpha value is -1.38. The van der Waals surface area contributed by atoms with Gasteiger partial charge < -0.3 is 10.2 Å². The molecule has 4 saturated carbocycles. The number of hydrogen-bond acceptors (Lipinski definition) is 4. The molecule has 0 radical (unpaired) electrons. The number of aliphatic hydroxyl groups is 2. The Labute approximate surface area is 199 Å². The maximum atomic E-state index is 11.7. The minimum absolute atomic E-state index is 0.174. The first-order valence-corrected chi connectivity index (χ1v) is 13.5. The van der Waals surface area contributed by atoms with Crippen LogP contribution in [0.4, 0.5) is 0 Å². The van der Waals surface area contributed by atoms with Gasteiger partial charge >= 0.3 is 0 Å².